The molecule has 3 aromatic heterocycles. The Morgan fingerprint density at radius 2 is 2.00 bits per heavy atom. The summed E-state index contributed by atoms with van der Waals surface area (Å²) in [6.07, 6.45) is 3.14. The van der Waals surface area contributed by atoms with Gasteiger partial charge in [-0.15, -0.1) is 10.2 Å². The molecule has 1 fully saturated rings. The monoisotopic (exact) mass is 482 g/mol. The molecule has 0 spiro atoms. The minimum atomic E-state index is -0.465. The van der Waals surface area contributed by atoms with Gasteiger partial charge in [0.2, 0.25) is 5.91 Å². The van der Waals surface area contributed by atoms with Crippen LogP contribution in [-0.2, 0) is 16.6 Å². The van der Waals surface area contributed by atoms with E-state index in [4.69, 9.17) is 9.47 Å². The molecule has 0 saturated carbocycles. The Morgan fingerprint density at radius 1 is 1.20 bits per heavy atom. The summed E-state index contributed by atoms with van der Waals surface area (Å²) >= 11 is 0. The Hall–Kier alpha value is -4.17. The van der Waals surface area contributed by atoms with E-state index in [1.807, 2.05) is 4.90 Å². The molecule has 0 unspecified atom stereocenters. The Morgan fingerprint density at radius 3 is 2.69 bits per heavy atom. The third-order valence-corrected chi connectivity index (χ3v) is 5.18. The molecule has 3 N–H and O–H groups in total. The number of ether oxygens (including phenoxy) is 2. The van der Waals surface area contributed by atoms with Crippen molar-refractivity contribution in [2.45, 2.75) is 0 Å². The maximum absolute atomic E-state index is 12.5. The molecule has 14 heteroatoms. The van der Waals surface area contributed by atoms with Crippen LogP contribution in [0.5, 0.6) is 5.75 Å². The number of aryl methyl sites for hydroxylation is 1. The number of aromatic nitrogens is 6. The number of carbonyl (C=O) groups is 2. The summed E-state index contributed by atoms with van der Waals surface area (Å²) in [6.45, 7) is 2.72. The predicted octanol–water partition coefficient (Wildman–Crippen LogP) is 0.0496. The maximum atomic E-state index is 12.5. The first-order chi connectivity index (χ1) is 17.0. The normalized spacial score (nSPS) is 13.8. The van der Waals surface area contributed by atoms with Gasteiger partial charge in [-0.3, -0.25) is 19.2 Å². The number of nitrogens with one attached hydrogen (secondary N) is 3. The van der Waals surface area contributed by atoms with Gasteiger partial charge in [0.05, 0.1) is 38.1 Å². The number of nitrogens with zero attached hydrogens (tertiary/aromatic N) is 7. The largest absolute Gasteiger partial charge is 0.492 e. The molecule has 1 aliphatic heterocycles. The first-order valence-electron chi connectivity index (χ1n) is 10.8. The summed E-state index contributed by atoms with van der Waals surface area (Å²) in [5.74, 6) is 0.592. The average Bonchev–Trinajstić information content (AvgIpc) is 3.30. The molecule has 4 heterocycles. The van der Waals surface area contributed by atoms with E-state index in [9.17, 15) is 9.59 Å². The molecule has 1 saturated heterocycles. The zero-order valence-corrected chi connectivity index (χ0v) is 19.6. The lowest BCUT2D eigenvalue weighted by atomic mass is 10.2. The summed E-state index contributed by atoms with van der Waals surface area (Å²) < 4.78 is 12.5. The van der Waals surface area contributed by atoms with Crippen LogP contribution >= 0.6 is 0 Å². The van der Waals surface area contributed by atoms with E-state index in [0.717, 1.165) is 0 Å². The van der Waals surface area contributed by atoms with Crippen LogP contribution in [0.1, 0.15) is 10.5 Å². The number of pyridine rings is 1. The molecule has 0 radical (unpaired) electrons. The van der Waals surface area contributed by atoms with Gasteiger partial charge in [-0.1, -0.05) is 0 Å². The molecule has 0 bridgehead atoms. The lowest BCUT2D eigenvalue weighted by molar-refractivity contribution is -0.118. The van der Waals surface area contributed by atoms with Gasteiger partial charge in [0.15, 0.2) is 28.9 Å². The Balaban J connectivity index is 1.61. The van der Waals surface area contributed by atoms with Gasteiger partial charge in [0.25, 0.3) is 5.91 Å². The van der Waals surface area contributed by atoms with Crippen molar-refractivity contribution < 1.29 is 19.1 Å². The highest BCUT2D eigenvalue weighted by Crippen LogP contribution is 2.35. The van der Waals surface area contributed by atoms with Crippen LogP contribution in [0.15, 0.2) is 24.7 Å². The highest BCUT2D eigenvalue weighted by atomic mass is 16.5. The topological polar surface area (TPSA) is 161 Å². The number of morpholine rings is 1. The third-order valence-electron chi connectivity index (χ3n) is 5.18. The van der Waals surface area contributed by atoms with Gasteiger partial charge in [-0.05, 0) is 6.07 Å². The van der Waals surface area contributed by atoms with Gasteiger partial charge < -0.3 is 25.4 Å². The fourth-order valence-electron chi connectivity index (χ4n) is 3.49. The van der Waals surface area contributed by atoms with Crippen LogP contribution < -0.4 is 20.7 Å². The van der Waals surface area contributed by atoms with E-state index in [-0.39, 0.29) is 29.7 Å². The molecule has 2 amide bonds. The van der Waals surface area contributed by atoms with Crippen molar-refractivity contribution in [2.24, 2.45) is 7.05 Å². The second kappa shape index (κ2) is 10.8. The van der Waals surface area contributed by atoms with Crippen LogP contribution in [-0.4, -0.2) is 93.7 Å². The third kappa shape index (κ3) is 5.67. The highest BCUT2D eigenvalue weighted by Gasteiger charge is 2.21. The zero-order chi connectivity index (χ0) is 24.8. The summed E-state index contributed by atoms with van der Waals surface area (Å²) in [6, 6.07) is 3.24. The minimum absolute atomic E-state index is 0.0175. The number of methoxy groups -OCH3 is 1. The molecular weight excluding hydrogens is 456 g/mol. The molecule has 3 aromatic rings. The van der Waals surface area contributed by atoms with E-state index >= 15 is 0 Å². The molecule has 35 heavy (non-hydrogen) atoms. The first-order valence-corrected chi connectivity index (χ1v) is 10.8. The molecule has 0 aromatic carbocycles. The summed E-state index contributed by atoms with van der Waals surface area (Å²) in [7, 11) is 4.74. The number of rotatable bonds is 8. The molecule has 4 rings (SSSR count). The van der Waals surface area contributed by atoms with Crippen LogP contribution in [0.2, 0.25) is 0 Å². The fourth-order valence-corrected chi connectivity index (χ4v) is 3.49. The standard InChI is InChI=1S/C21H26N10O4/c1-22-21(33)17-14(10-15(27-28-17)26-16(32)11-31-6-8-35-9-7-31)25-20-18(34-3)13(4-5-23-20)19-24-12-30(2)29-19/h4-5,10,12H,6-9,11H2,1-3H3,(H,22,33)(H2,23,25,26,27,32). The molecule has 184 valence electrons. The molecule has 0 aliphatic carbocycles. The number of hydrogen-bond acceptors (Lipinski definition) is 11. The maximum Gasteiger partial charge on any atom is 0.273 e. The predicted molar refractivity (Wildman–Crippen MR) is 125 cm³/mol. The van der Waals surface area contributed by atoms with Crippen molar-refractivity contribution in [3.63, 3.8) is 0 Å². The Kier molecular flexibility index (Phi) is 7.42. The lowest BCUT2D eigenvalue weighted by Gasteiger charge is -2.25. The molecule has 1 aliphatic rings. The first kappa shape index (κ1) is 24.0. The molecule has 0 atom stereocenters. The van der Waals surface area contributed by atoms with Crippen LogP contribution in [0.4, 0.5) is 17.3 Å². The van der Waals surface area contributed by atoms with Gasteiger partial charge in [-0.25, -0.2) is 9.97 Å². The van der Waals surface area contributed by atoms with Gasteiger partial charge in [0, 0.05) is 39.4 Å². The van der Waals surface area contributed by atoms with Gasteiger partial charge >= 0.3 is 0 Å². The van der Waals surface area contributed by atoms with E-state index < -0.39 is 5.91 Å². The Labute approximate surface area is 201 Å². The number of amides is 2. The van der Waals surface area contributed by atoms with Crippen molar-refractivity contribution in [1.29, 1.82) is 0 Å². The van der Waals surface area contributed by atoms with Crippen molar-refractivity contribution in [3.8, 4) is 17.1 Å². The van der Waals surface area contributed by atoms with Crippen molar-refractivity contribution in [2.75, 3.05) is 57.6 Å². The van der Waals surface area contributed by atoms with E-state index in [1.165, 1.54) is 20.2 Å². The minimum Gasteiger partial charge on any atom is -0.492 e. The van der Waals surface area contributed by atoms with Crippen molar-refractivity contribution in [3.05, 3.63) is 30.4 Å². The number of anilines is 3. The fraction of sp³-hybridized carbons (Fsp3) is 0.381. The van der Waals surface area contributed by atoms with E-state index in [2.05, 4.69) is 41.2 Å². The zero-order valence-electron chi connectivity index (χ0n) is 19.6. The summed E-state index contributed by atoms with van der Waals surface area (Å²) in [4.78, 5) is 35.5. The number of hydrogen-bond donors (Lipinski definition) is 3. The van der Waals surface area contributed by atoms with E-state index in [0.29, 0.717) is 49.3 Å². The smallest absolute Gasteiger partial charge is 0.273 e. The quantitative estimate of drug-likeness (QED) is 0.398. The van der Waals surface area contributed by atoms with Crippen LogP contribution in [0.25, 0.3) is 11.4 Å². The second-order valence-corrected chi connectivity index (χ2v) is 7.61. The van der Waals surface area contributed by atoms with Gasteiger partial charge in [0.1, 0.15) is 6.33 Å². The molecular formula is C21H26N10O4. The molecule has 14 nitrogen and oxygen atoms in total. The van der Waals surface area contributed by atoms with Crippen molar-refractivity contribution >= 4 is 29.1 Å². The van der Waals surface area contributed by atoms with Gasteiger partial charge in [-0.2, -0.15) is 5.10 Å². The summed E-state index contributed by atoms with van der Waals surface area (Å²) in [5.41, 5.74) is 0.898. The van der Waals surface area contributed by atoms with Crippen LogP contribution in [0, 0.1) is 0 Å². The lowest BCUT2D eigenvalue weighted by Crippen LogP contribution is -2.41. The van der Waals surface area contributed by atoms with Crippen molar-refractivity contribution in [1.82, 2.24) is 40.2 Å². The van der Waals surface area contributed by atoms with Crippen LogP contribution in [0.3, 0.4) is 0 Å². The number of carbonyl (C=O) groups excluding carboxylic acids is 2. The Bertz CT molecular complexity index is 1210. The SMILES string of the molecule is CNC(=O)c1nnc(NC(=O)CN2CCOCC2)cc1Nc1nccc(-c2ncn(C)n2)c1OC. The summed E-state index contributed by atoms with van der Waals surface area (Å²) in [5, 5.41) is 20.7. The highest BCUT2D eigenvalue weighted by molar-refractivity contribution is 5.99. The second-order valence-electron chi connectivity index (χ2n) is 7.61. The average molecular weight is 483 g/mol. The van der Waals surface area contributed by atoms with E-state index in [1.54, 1.807) is 30.3 Å².